The van der Waals surface area contributed by atoms with Crippen molar-refractivity contribution in [2.24, 2.45) is 0 Å². The number of rotatable bonds is 13. The van der Waals surface area contributed by atoms with E-state index in [4.69, 9.17) is 4.74 Å². The second kappa shape index (κ2) is 14.3. The minimum atomic E-state index is -0.0370. The zero-order chi connectivity index (χ0) is 13.5. The van der Waals surface area contributed by atoms with Gasteiger partial charge in [-0.3, -0.25) is 4.79 Å². The van der Waals surface area contributed by atoms with Gasteiger partial charge in [-0.15, -0.1) is 6.58 Å². The molecule has 0 aromatic rings. The summed E-state index contributed by atoms with van der Waals surface area (Å²) in [6, 6.07) is 0. The maximum absolute atomic E-state index is 11.3. The number of carbonyl (C=O) groups is 1. The van der Waals surface area contributed by atoms with Gasteiger partial charge < -0.3 is 4.74 Å². The Morgan fingerprint density at radius 2 is 1.61 bits per heavy atom. The smallest absolute Gasteiger partial charge is 0.305 e. The summed E-state index contributed by atoms with van der Waals surface area (Å²) in [5.74, 6) is -0.0370. The molecule has 0 fully saturated rings. The van der Waals surface area contributed by atoms with Crippen molar-refractivity contribution in [3.8, 4) is 0 Å². The zero-order valence-electron chi connectivity index (χ0n) is 12.1. The molecule has 0 amide bonds. The highest BCUT2D eigenvalue weighted by atomic mass is 16.5. The van der Waals surface area contributed by atoms with E-state index in [2.05, 4.69) is 13.5 Å². The van der Waals surface area contributed by atoms with Gasteiger partial charge in [0.05, 0.1) is 6.61 Å². The van der Waals surface area contributed by atoms with Crippen molar-refractivity contribution >= 4 is 5.97 Å². The van der Waals surface area contributed by atoms with Gasteiger partial charge >= 0.3 is 5.97 Å². The summed E-state index contributed by atoms with van der Waals surface area (Å²) in [5, 5.41) is 0. The lowest BCUT2D eigenvalue weighted by atomic mass is 10.1. The number of ether oxygens (including phenoxy) is 1. The van der Waals surface area contributed by atoms with Gasteiger partial charge in [-0.1, -0.05) is 57.9 Å². The summed E-state index contributed by atoms with van der Waals surface area (Å²) in [5.41, 5.74) is 0. The van der Waals surface area contributed by atoms with Crippen LogP contribution in [0.4, 0.5) is 0 Å². The van der Waals surface area contributed by atoms with Crippen molar-refractivity contribution in [1.29, 1.82) is 0 Å². The standard InChI is InChI=1S/C16H30O2/c1-3-5-7-8-9-10-11-12-14-16(17)18-15-13-6-4-2/h4H,2-3,5-15H2,1H3. The van der Waals surface area contributed by atoms with Crippen LogP contribution in [0.3, 0.4) is 0 Å². The Hall–Kier alpha value is -0.790. The van der Waals surface area contributed by atoms with E-state index in [0.29, 0.717) is 13.0 Å². The van der Waals surface area contributed by atoms with Crippen molar-refractivity contribution in [2.75, 3.05) is 6.61 Å². The third-order valence-electron chi connectivity index (χ3n) is 3.05. The van der Waals surface area contributed by atoms with Crippen LogP contribution in [0.5, 0.6) is 0 Å². The third-order valence-corrected chi connectivity index (χ3v) is 3.05. The molecule has 0 saturated heterocycles. The molecule has 0 radical (unpaired) electrons. The van der Waals surface area contributed by atoms with Crippen molar-refractivity contribution in [3.05, 3.63) is 12.7 Å². The highest BCUT2D eigenvalue weighted by Gasteiger charge is 2.01. The topological polar surface area (TPSA) is 26.3 Å². The van der Waals surface area contributed by atoms with E-state index in [1.807, 2.05) is 6.08 Å². The van der Waals surface area contributed by atoms with Crippen LogP contribution < -0.4 is 0 Å². The SMILES string of the molecule is C=CCCCOC(=O)CCCCCCCCCC. The maximum atomic E-state index is 11.3. The number of unbranched alkanes of at least 4 members (excludes halogenated alkanes) is 8. The fraction of sp³-hybridized carbons (Fsp3) is 0.812. The molecule has 0 N–H and O–H groups in total. The first-order valence-electron chi connectivity index (χ1n) is 7.57. The molecular weight excluding hydrogens is 224 g/mol. The number of hydrogen-bond donors (Lipinski definition) is 0. The molecule has 0 unspecified atom stereocenters. The van der Waals surface area contributed by atoms with Gasteiger partial charge in [-0.25, -0.2) is 0 Å². The summed E-state index contributed by atoms with van der Waals surface area (Å²) in [4.78, 5) is 11.3. The summed E-state index contributed by atoms with van der Waals surface area (Å²) < 4.78 is 5.12. The average Bonchev–Trinajstić information content (AvgIpc) is 2.38. The summed E-state index contributed by atoms with van der Waals surface area (Å²) in [6.45, 7) is 6.41. The van der Waals surface area contributed by atoms with Gasteiger partial charge in [0.15, 0.2) is 0 Å². The van der Waals surface area contributed by atoms with Gasteiger partial charge in [0.1, 0.15) is 0 Å². The molecule has 0 aliphatic heterocycles. The van der Waals surface area contributed by atoms with Crippen LogP contribution in [-0.2, 0) is 9.53 Å². The molecule has 2 heteroatoms. The molecule has 0 atom stereocenters. The highest BCUT2D eigenvalue weighted by molar-refractivity contribution is 5.69. The molecule has 0 bridgehead atoms. The Morgan fingerprint density at radius 1 is 1.00 bits per heavy atom. The van der Waals surface area contributed by atoms with Gasteiger partial charge in [0.25, 0.3) is 0 Å². The van der Waals surface area contributed by atoms with Crippen molar-refractivity contribution < 1.29 is 9.53 Å². The van der Waals surface area contributed by atoms with Gasteiger partial charge in [-0.2, -0.15) is 0 Å². The second-order valence-corrected chi connectivity index (χ2v) is 4.88. The fourth-order valence-corrected chi connectivity index (χ4v) is 1.89. The summed E-state index contributed by atoms with van der Waals surface area (Å²) in [7, 11) is 0. The normalized spacial score (nSPS) is 10.3. The molecule has 0 aromatic carbocycles. The molecular formula is C16H30O2. The van der Waals surface area contributed by atoms with E-state index < -0.39 is 0 Å². The molecule has 0 saturated carbocycles. The lowest BCUT2D eigenvalue weighted by molar-refractivity contribution is -0.143. The van der Waals surface area contributed by atoms with Crippen molar-refractivity contribution in [3.63, 3.8) is 0 Å². The number of esters is 1. The zero-order valence-corrected chi connectivity index (χ0v) is 12.1. The van der Waals surface area contributed by atoms with Gasteiger partial charge in [0, 0.05) is 6.42 Å². The largest absolute Gasteiger partial charge is 0.466 e. The predicted molar refractivity (Wildman–Crippen MR) is 77.6 cm³/mol. The molecule has 18 heavy (non-hydrogen) atoms. The minimum absolute atomic E-state index is 0.0370. The first-order valence-corrected chi connectivity index (χ1v) is 7.57. The minimum Gasteiger partial charge on any atom is -0.466 e. The number of carbonyl (C=O) groups excluding carboxylic acids is 1. The van der Waals surface area contributed by atoms with E-state index in [0.717, 1.165) is 25.7 Å². The molecule has 0 aliphatic rings. The van der Waals surface area contributed by atoms with E-state index in [-0.39, 0.29) is 5.97 Å². The van der Waals surface area contributed by atoms with Crippen LogP contribution in [0.15, 0.2) is 12.7 Å². The predicted octanol–water partition coefficient (Wildman–Crippen LogP) is 5.03. The average molecular weight is 254 g/mol. The summed E-state index contributed by atoms with van der Waals surface area (Å²) in [6.07, 6.45) is 14.3. The molecule has 0 heterocycles. The van der Waals surface area contributed by atoms with Crippen LogP contribution in [0.2, 0.25) is 0 Å². The lowest BCUT2D eigenvalue weighted by Gasteiger charge is -2.04. The van der Waals surface area contributed by atoms with E-state index in [1.54, 1.807) is 0 Å². The van der Waals surface area contributed by atoms with Crippen LogP contribution in [-0.4, -0.2) is 12.6 Å². The molecule has 0 aliphatic carbocycles. The molecule has 0 spiro atoms. The van der Waals surface area contributed by atoms with Crippen LogP contribution in [0.25, 0.3) is 0 Å². The van der Waals surface area contributed by atoms with E-state index in [1.165, 1.54) is 38.5 Å². The molecule has 106 valence electrons. The lowest BCUT2D eigenvalue weighted by Crippen LogP contribution is -2.05. The first kappa shape index (κ1) is 17.2. The monoisotopic (exact) mass is 254 g/mol. The Kier molecular flexibility index (Phi) is 13.6. The summed E-state index contributed by atoms with van der Waals surface area (Å²) >= 11 is 0. The quantitative estimate of drug-likeness (QED) is 0.262. The number of hydrogen-bond acceptors (Lipinski definition) is 2. The van der Waals surface area contributed by atoms with Gasteiger partial charge in [-0.05, 0) is 19.3 Å². The fourth-order valence-electron chi connectivity index (χ4n) is 1.89. The first-order chi connectivity index (χ1) is 8.81. The van der Waals surface area contributed by atoms with Crippen molar-refractivity contribution in [2.45, 2.75) is 77.6 Å². The highest BCUT2D eigenvalue weighted by Crippen LogP contribution is 2.09. The maximum Gasteiger partial charge on any atom is 0.305 e. The Balaban J connectivity index is 3.12. The van der Waals surface area contributed by atoms with Crippen LogP contribution >= 0.6 is 0 Å². The Bertz CT molecular complexity index is 199. The van der Waals surface area contributed by atoms with Gasteiger partial charge in [0.2, 0.25) is 0 Å². The van der Waals surface area contributed by atoms with Crippen LogP contribution in [0, 0.1) is 0 Å². The second-order valence-electron chi connectivity index (χ2n) is 4.88. The van der Waals surface area contributed by atoms with E-state index >= 15 is 0 Å². The molecule has 0 rings (SSSR count). The van der Waals surface area contributed by atoms with Crippen LogP contribution in [0.1, 0.15) is 77.6 Å². The number of allylic oxidation sites excluding steroid dienone is 1. The molecule has 2 nitrogen and oxygen atoms in total. The Labute approximate surface area is 113 Å². The molecule has 0 aromatic heterocycles. The Morgan fingerprint density at radius 3 is 2.22 bits per heavy atom. The van der Waals surface area contributed by atoms with E-state index in [9.17, 15) is 4.79 Å². The van der Waals surface area contributed by atoms with Crippen molar-refractivity contribution in [1.82, 2.24) is 0 Å². The third kappa shape index (κ3) is 13.3.